The first-order valence-corrected chi connectivity index (χ1v) is 14.5. The molecule has 0 aliphatic carbocycles. The minimum absolute atomic E-state index is 0.101. The van der Waals surface area contributed by atoms with Crippen LogP contribution in [0.4, 0.5) is 5.69 Å². The van der Waals surface area contributed by atoms with Gasteiger partial charge >= 0.3 is 0 Å². The fourth-order valence-electron chi connectivity index (χ4n) is 6.02. The van der Waals surface area contributed by atoms with Crippen molar-refractivity contribution < 1.29 is 14.6 Å². The molecule has 0 radical (unpaired) electrons. The summed E-state index contributed by atoms with van der Waals surface area (Å²) in [5, 5.41) is 13.0. The molecule has 0 amide bonds. The van der Waals surface area contributed by atoms with Gasteiger partial charge in [0.2, 0.25) is 0 Å². The van der Waals surface area contributed by atoms with E-state index in [-0.39, 0.29) is 17.1 Å². The van der Waals surface area contributed by atoms with Gasteiger partial charge in [0.25, 0.3) is 0 Å². The number of carbonyl (C=O) groups is 1. The van der Waals surface area contributed by atoms with Crippen LogP contribution in [-0.2, 0) is 0 Å². The molecule has 0 bridgehead atoms. The van der Waals surface area contributed by atoms with E-state index < -0.39 is 0 Å². The van der Waals surface area contributed by atoms with Gasteiger partial charge in [0.05, 0.1) is 12.7 Å². The molecule has 0 saturated carbocycles. The molecule has 7 heteroatoms. The molecular weight excluding hydrogens is 536 g/mol. The quantitative estimate of drug-likeness (QED) is 0.217. The standard InChI is InChI=1S/C36H32N4O3/c1-39-16-18-40(19-17-39)26-11-8-23(9-12-26)25-10-13-31-29(20-25)34-27(14-15-37-36(34)38-31)28-21-32(41)30(22-33(28)43-2)35(42)24-6-4-3-5-7-24/h3-15,20-22,41H,16-19H2,1-2H3,(H,37,38). The largest absolute Gasteiger partial charge is 0.507 e. The molecule has 6 aromatic rings. The number of carbonyl (C=O) groups excluding carboxylic acids is 1. The summed E-state index contributed by atoms with van der Waals surface area (Å²) in [5.74, 6) is 0.128. The Morgan fingerprint density at radius 3 is 2.35 bits per heavy atom. The summed E-state index contributed by atoms with van der Waals surface area (Å²) >= 11 is 0. The Kier molecular flexibility index (Phi) is 6.80. The van der Waals surface area contributed by atoms with Gasteiger partial charge in [-0.3, -0.25) is 4.79 Å². The smallest absolute Gasteiger partial charge is 0.196 e. The van der Waals surface area contributed by atoms with E-state index in [1.807, 2.05) is 12.1 Å². The minimum atomic E-state index is -0.266. The van der Waals surface area contributed by atoms with Crippen LogP contribution in [0.3, 0.4) is 0 Å². The van der Waals surface area contributed by atoms with Gasteiger partial charge in [0.1, 0.15) is 17.1 Å². The molecule has 1 saturated heterocycles. The lowest BCUT2D eigenvalue weighted by Gasteiger charge is -2.34. The van der Waals surface area contributed by atoms with Crippen molar-refractivity contribution in [2.45, 2.75) is 0 Å². The number of benzene rings is 4. The van der Waals surface area contributed by atoms with Crippen molar-refractivity contribution in [1.82, 2.24) is 14.9 Å². The highest BCUT2D eigenvalue weighted by atomic mass is 16.5. The zero-order valence-electron chi connectivity index (χ0n) is 24.2. The predicted molar refractivity (Wildman–Crippen MR) is 172 cm³/mol. The van der Waals surface area contributed by atoms with Gasteiger partial charge in [0, 0.05) is 65.5 Å². The van der Waals surface area contributed by atoms with Gasteiger partial charge in [-0.1, -0.05) is 48.5 Å². The Morgan fingerprint density at radius 1 is 0.860 bits per heavy atom. The fourth-order valence-corrected chi connectivity index (χ4v) is 6.02. The normalized spacial score (nSPS) is 14.0. The SMILES string of the molecule is COc1cc(C(=O)c2ccccc2)c(O)cc1-c1ccnc2[nH]c3ccc(-c4ccc(N5CCN(C)CC5)cc4)cc3c12. The average molecular weight is 569 g/mol. The van der Waals surface area contributed by atoms with E-state index in [2.05, 4.69) is 69.3 Å². The maximum atomic E-state index is 13.2. The highest BCUT2D eigenvalue weighted by molar-refractivity contribution is 6.15. The van der Waals surface area contributed by atoms with Crippen LogP contribution < -0.4 is 9.64 Å². The molecule has 7 rings (SSSR count). The number of ether oxygens (including phenoxy) is 1. The van der Waals surface area contributed by atoms with Crippen LogP contribution in [0.1, 0.15) is 15.9 Å². The number of aromatic hydroxyl groups is 1. The number of rotatable bonds is 6. The first-order chi connectivity index (χ1) is 21.0. The summed E-state index contributed by atoms with van der Waals surface area (Å²) in [7, 11) is 3.74. The van der Waals surface area contributed by atoms with Crippen molar-refractivity contribution in [3.05, 3.63) is 108 Å². The van der Waals surface area contributed by atoms with Crippen LogP contribution in [0.5, 0.6) is 11.5 Å². The number of hydrogen-bond donors (Lipinski definition) is 2. The number of aromatic amines is 1. The number of nitrogens with one attached hydrogen (secondary N) is 1. The number of ketones is 1. The average Bonchev–Trinajstić information content (AvgIpc) is 3.43. The first kappa shape index (κ1) is 26.7. The summed E-state index contributed by atoms with van der Waals surface area (Å²) < 4.78 is 5.78. The summed E-state index contributed by atoms with van der Waals surface area (Å²) in [5.41, 5.74) is 7.42. The first-order valence-electron chi connectivity index (χ1n) is 14.5. The van der Waals surface area contributed by atoms with Gasteiger partial charge in [-0.15, -0.1) is 0 Å². The van der Waals surface area contributed by atoms with E-state index >= 15 is 0 Å². The number of fused-ring (bicyclic) bond motifs is 3. The van der Waals surface area contributed by atoms with Crippen LogP contribution in [0.15, 0.2) is 97.2 Å². The topological polar surface area (TPSA) is 81.7 Å². The maximum absolute atomic E-state index is 13.2. The number of H-pyrrole nitrogens is 1. The second-order valence-corrected chi connectivity index (χ2v) is 11.1. The van der Waals surface area contributed by atoms with Gasteiger partial charge in [0.15, 0.2) is 5.78 Å². The van der Waals surface area contributed by atoms with Crippen LogP contribution >= 0.6 is 0 Å². The summed E-state index contributed by atoms with van der Waals surface area (Å²) in [6, 6.07) is 29.3. The van der Waals surface area contributed by atoms with Crippen LogP contribution in [-0.4, -0.2) is 66.1 Å². The van der Waals surface area contributed by atoms with E-state index in [1.165, 1.54) is 5.69 Å². The predicted octanol–water partition coefficient (Wildman–Crippen LogP) is 6.75. The molecule has 0 spiro atoms. The number of anilines is 1. The zero-order valence-corrected chi connectivity index (χ0v) is 24.2. The van der Waals surface area contributed by atoms with Crippen molar-refractivity contribution in [1.29, 1.82) is 0 Å². The van der Waals surface area contributed by atoms with E-state index in [4.69, 9.17) is 4.74 Å². The molecule has 1 fully saturated rings. The molecule has 2 N–H and O–H groups in total. The van der Waals surface area contributed by atoms with Gasteiger partial charge in [-0.05, 0) is 66.2 Å². The van der Waals surface area contributed by atoms with E-state index in [1.54, 1.807) is 49.7 Å². The molecule has 0 unspecified atom stereocenters. The molecule has 1 aliphatic heterocycles. The molecule has 4 aromatic carbocycles. The number of phenolic OH excluding ortho intramolecular Hbond substituents is 1. The lowest BCUT2D eigenvalue weighted by Crippen LogP contribution is -2.44. The Hall–Kier alpha value is -5.14. The highest BCUT2D eigenvalue weighted by Gasteiger charge is 2.21. The van der Waals surface area contributed by atoms with Gasteiger partial charge in [-0.2, -0.15) is 0 Å². The summed E-state index contributed by atoms with van der Waals surface area (Å²) in [6.07, 6.45) is 1.74. The van der Waals surface area contributed by atoms with Crippen molar-refractivity contribution in [3.63, 3.8) is 0 Å². The maximum Gasteiger partial charge on any atom is 0.196 e. The Balaban J connectivity index is 1.30. The second kappa shape index (κ2) is 10.9. The number of pyridine rings is 1. The third-order valence-electron chi connectivity index (χ3n) is 8.45. The van der Waals surface area contributed by atoms with E-state index in [0.717, 1.165) is 64.8 Å². The molecule has 7 nitrogen and oxygen atoms in total. The van der Waals surface area contributed by atoms with E-state index in [0.29, 0.717) is 16.9 Å². The number of likely N-dealkylation sites (N-methyl/N-ethyl adjacent to an activating group) is 1. The van der Waals surface area contributed by atoms with Crippen LogP contribution in [0.2, 0.25) is 0 Å². The second-order valence-electron chi connectivity index (χ2n) is 11.1. The molecule has 3 heterocycles. The monoisotopic (exact) mass is 568 g/mol. The number of methoxy groups -OCH3 is 1. The van der Waals surface area contributed by atoms with Crippen molar-refractivity contribution >= 4 is 33.4 Å². The lowest BCUT2D eigenvalue weighted by atomic mass is 9.95. The minimum Gasteiger partial charge on any atom is -0.507 e. The number of phenols is 1. The third-order valence-corrected chi connectivity index (χ3v) is 8.45. The van der Waals surface area contributed by atoms with Gasteiger partial charge < -0.3 is 24.6 Å². The molecular formula is C36H32N4O3. The van der Waals surface area contributed by atoms with Crippen molar-refractivity contribution in [3.8, 4) is 33.8 Å². The Bertz CT molecular complexity index is 1960. The molecule has 43 heavy (non-hydrogen) atoms. The molecule has 1 aliphatic rings. The Morgan fingerprint density at radius 2 is 1.60 bits per heavy atom. The molecule has 2 aromatic heterocycles. The Labute approximate surface area is 250 Å². The van der Waals surface area contributed by atoms with E-state index in [9.17, 15) is 9.90 Å². The van der Waals surface area contributed by atoms with Crippen LogP contribution in [0, 0.1) is 0 Å². The van der Waals surface area contributed by atoms with Crippen molar-refractivity contribution in [2.24, 2.45) is 0 Å². The number of aromatic nitrogens is 2. The molecule has 214 valence electrons. The van der Waals surface area contributed by atoms with Crippen LogP contribution in [0.25, 0.3) is 44.2 Å². The molecule has 0 atom stereocenters. The summed E-state index contributed by atoms with van der Waals surface area (Å²) in [6.45, 7) is 4.22. The number of nitrogens with zero attached hydrogens (tertiary/aromatic N) is 3. The van der Waals surface area contributed by atoms with Crippen molar-refractivity contribution in [2.75, 3.05) is 45.2 Å². The third kappa shape index (κ3) is 4.87. The number of piperazine rings is 1. The van der Waals surface area contributed by atoms with Gasteiger partial charge in [-0.25, -0.2) is 4.98 Å². The zero-order chi connectivity index (χ0) is 29.5. The fraction of sp³-hybridized carbons (Fsp3) is 0.167. The lowest BCUT2D eigenvalue weighted by molar-refractivity contribution is 0.103. The highest BCUT2D eigenvalue weighted by Crippen LogP contribution is 2.42. The summed E-state index contributed by atoms with van der Waals surface area (Å²) in [4.78, 5) is 26.1. The number of hydrogen-bond acceptors (Lipinski definition) is 6.